The molecule has 0 unspecified atom stereocenters. The second-order valence-corrected chi connectivity index (χ2v) is 0. The second-order valence-electron chi connectivity index (χ2n) is 0. The van der Waals surface area contributed by atoms with Crippen molar-refractivity contribution in [1.29, 1.82) is 0 Å². The fourth-order valence-corrected chi connectivity index (χ4v) is 0. The first-order chi connectivity index (χ1) is 4.00. The SMILES string of the molecule is [C-]#[O+].[C-]#[O+].[C-]#[O+].[CH2]=[Fe]. The van der Waals surface area contributed by atoms with Crippen LogP contribution in [0, 0.1) is 20.0 Å². The molecular weight excluding hydrogens is 152 g/mol. The van der Waals surface area contributed by atoms with E-state index in [9.17, 15) is 0 Å². The van der Waals surface area contributed by atoms with Crippen LogP contribution in [0.5, 0.6) is 0 Å². The molecule has 0 aliphatic heterocycles. The predicted octanol–water partition coefficient (Wildman–Crippen LogP) is -0.147. The molecule has 0 heterocycles. The Morgan fingerprint density at radius 3 is 0.750 bits per heavy atom. The standard InChI is InChI=1S/3CO.CH2.Fe/c3*1-2;;/h;;;1H2;. The van der Waals surface area contributed by atoms with Gasteiger partial charge in [-0.05, 0) is 0 Å². The molecular formula is C4H2FeO3. The van der Waals surface area contributed by atoms with Crippen LogP contribution in [0.3, 0.4) is 0 Å². The monoisotopic (exact) mass is 154 g/mol. The molecule has 8 heavy (non-hydrogen) atoms. The van der Waals surface area contributed by atoms with Gasteiger partial charge < -0.3 is 0 Å². The van der Waals surface area contributed by atoms with Crippen LogP contribution in [0.15, 0.2) is 0 Å². The Labute approximate surface area is 55.6 Å². The maximum absolute atomic E-state index is 7.50. The van der Waals surface area contributed by atoms with Crippen LogP contribution in [-0.2, 0) is 29.5 Å². The molecule has 0 atom stereocenters. The molecule has 0 rings (SSSR count). The van der Waals surface area contributed by atoms with E-state index in [4.69, 9.17) is 14.0 Å². The van der Waals surface area contributed by atoms with Gasteiger partial charge in [-0.1, -0.05) is 0 Å². The fraction of sp³-hybridized carbons (Fsp3) is 0. The fourth-order valence-electron chi connectivity index (χ4n) is 0. The van der Waals surface area contributed by atoms with Crippen molar-refractivity contribution in [2.75, 3.05) is 0 Å². The van der Waals surface area contributed by atoms with Crippen molar-refractivity contribution in [3.63, 3.8) is 0 Å². The Morgan fingerprint density at radius 1 is 0.750 bits per heavy atom. The molecule has 0 N–H and O–H groups in total. The van der Waals surface area contributed by atoms with Crippen LogP contribution < -0.4 is 0 Å². The average molecular weight is 154 g/mol. The topological polar surface area (TPSA) is 59.7 Å². The third-order valence-corrected chi connectivity index (χ3v) is 0. The summed E-state index contributed by atoms with van der Waals surface area (Å²) in [6.45, 7) is 13.5. The van der Waals surface area contributed by atoms with Gasteiger partial charge in [-0.3, -0.25) is 0 Å². The van der Waals surface area contributed by atoms with Gasteiger partial charge in [0.25, 0.3) is 0 Å². The van der Waals surface area contributed by atoms with Crippen LogP contribution in [0.25, 0.3) is 0 Å². The van der Waals surface area contributed by atoms with E-state index in [2.05, 4.69) is 41.0 Å². The van der Waals surface area contributed by atoms with E-state index >= 15 is 0 Å². The van der Waals surface area contributed by atoms with Gasteiger partial charge in [-0.15, -0.1) is 0 Å². The molecule has 0 amide bonds. The van der Waals surface area contributed by atoms with E-state index in [1.165, 1.54) is 0 Å². The summed E-state index contributed by atoms with van der Waals surface area (Å²) in [6, 6.07) is 0. The molecule has 3 nitrogen and oxygen atoms in total. The zero-order valence-corrected chi connectivity index (χ0v) is 4.89. The van der Waals surface area contributed by atoms with Crippen LogP contribution in [0.4, 0.5) is 0 Å². The Balaban J connectivity index is -0.0000000133. The van der Waals surface area contributed by atoms with Crippen molar-refractivity contribution in [1.82, 2.24) is 0 Å². The molecule has 0 radical (unpaired) electrons. The van der Waals surface area contributed by atoms with Crippen molar-refractivity contribution in [2.45, 2.75) is 0 Å². The molecule has 0 aliphatic rings. The van der Waals surface area contributed by atoms with Crippen molar-refractivity contribution in [2.24, 2.45) is 0 Å². The van der Waals surface area contributed by atoms with Crippen LogP contribution in [0.1, 0.15) is 0 Å². The van der Waals surface area contributed by atoms with Gasteiger partial charge in [0.15, 0.2) is 0 Å². The van der Waals surface area contributed by atoms with Crippen LogP contribution in [-0.4, -0.2) is 5.42 Å². The molecule has 0 aromatic carbocycles. The van der Waals surface area contributed by atoms with Gasteiger partial charge in [0.05, 0.1) is 0 Å². The first-order valence-electron chi connectivity index (χ1n) is 0.862. The summed E-state index contributed by atoms with van der Waals surface area (Å²) in [5.41, 5.74) is 3.00. The molecule has 0 saturated heterocycles. The molecule has 0 aliphatic carbocycles. The summed E-state index contributed by atoms with van der Waals surface area (Å²) < 4.78 is 22.5. The molecule has 4 heteroatoms. The van der Waals surface area contributed by atoms with Crippen molar-refractivity contribution in [3.8, 4) is 0 Å². The molecule has 0 aromatic rings. The summed E-state index contributed by atoms with van der Waals surface area (Å²) in [5.74, 6) is 0. The maximum atomic E-state index is 7.50. The van der Waals surface area contributed by atoms with E-state index in [1.807, 2.05) is 0 Å². The molecule has 0 fully saturated rings. The summed E-state index contributed by atoms with van der Waals surface area (Å²) in [7, 11) is 0. The van der Waals surface area contributed by atoms with Crippen molar-refractivity contribution < 1.29 is 29.5 Å². The summed E-state index contributed by atoms with van der Waals surface area (Å²) in [5, 5.41) is 0. The predicted molar refractivity (Wildman–Crippen MR) is 18.9 cm³/mol. The minimum absolute atomic E-state index is 3.00. The Kier molecular flexibility index (Phi) is 4350. The average Bonchev–Trinajstić information content (AvgIpc) is 2.03. The quantitative estimate of drug-likeness (QED) is 0.264. The Hall–Kier alpha value is -0.391. The van der Waals surface area contributed by atoms with Gasteiger partial charge in [0, 0.05) is 0 Å². The van der Waals surface area contributed by atoms with E-state index in [-0.39, 0.29) is 0 Å². The molecule has 44 valence electrons. The molecule has 0 bridgehead atoms. The van der Waals surface area contributed by atoms with Gasteiger partial charge in [0.2, 0.25) is 0 Å². The third kappa shape index (κ3) is 782. The zero-order chi connectivity index (χ0) is 8.00. The summed E-state index contributed by atoms with van der Waals surface area (Å²) in [4.78, 5) is 0. The molecule has 0 aromatic heterocycles. The van der Waals surface area contributed by atoms with Gasteiger partial charge in [-0.25, -0.2) is 0 Å². The number of hydrogen-bond acceptors (Lipinski definition) is 0. The third-order valence-electron chi connectivity index (χ3n) is 0. The summed E-state index contributed by atoms with van der Waals surface area (Å²) >= 11 is 3.00. The van der Waals surface area contributed by atoms with Gasteiger partial charge >= 0.3 is 54.9 Å². The van der Waals surface area contributed by atoms with Gasteiger partial charge in [-0.2, -0.15) is 0 Å². The van der Waals surface area contributed by atoms with Crippen LogP contribution in [0.2, 0.25) is 0 Å². The van der Waals surface area contributed by atoms with E-state index in [0.29, 0.717) is 0 Å². The minimum atomic E-state index is 3.00. The van der Waals surface area contributed by atoms with E-state index < -0.39 is 0 Å². The zero-order valence-electron chi connectivity index (χ0n) is 3.79. The molecule has 0 saturated carbocycles. The van der Waals surface area contributed by atoms with Gasteiger partial charge in [0.1, 0.15) is 0 Å². The molecule has 0 spiro atoms. The van der Waals surface area contributed by atoms with Crippen molar-refractivity contribution in [3.05, 3.63) is 20.0 Å². The van der Waals surface area contributed by atoms with Crippen molar-refractivity contribution >= 4 is 5.42 Å². The van der Waals surface area contributed by atoms with E-state index in [1.54, 1.807) is 0 Å². The van der Waals surface area contributed by atoms with E-state index in [0.717, 1.165) is 0 Å². The van der Waals surface area contributed by atoms with Crippen LogP contribution >= 0.6 is 0 Å². The number of hydrogen-bond donors (Lipinski definition) is 0. The first kappa shape index (κ1) is 25.5. The second kappa shape index (κ2) is 1360. The Bertz CT molecular complexity index is 49.2. The Morgan fingerprint density at radius 2 is 0.750 bits per heavy atom. The normalized spacial score (nSPS) is 1.38. The number of rotatable bonds is 0. The summed E-state index contributed by atoms with van der Waals surface area (Å²) in [6.07, 6.45) is 0. The first-order valence-corrected chi connectivity index (χ1v) is 1.64.